The Kier molecular flexibility index (Phi) is 1.68. The van der Waals surface area contributed by atoms with E-state index in [2.05, 4.69) is 31.9 Å². The molecule has 2 atom stereocenters. The van der Waals surface area contributed by atoms with Crippen molar-refractivity contribution in [2.45, 2.75) is 13.8 Å². The second-order valence-electron chi connectivity index (χ2n) is 2.96. The molecular weight excluding hydrogens is 120 g/mol. The van der Waals surface area contributed by atoms with Crippen LogP contribution in [0.1, 0.15) is 13.8 Å². The monoisotopic (exact) mass is 132 g/mol. The van der Waals surface area contributed by atoms with Gasteiger partial charge in [0.1, 0.15) is 0 Å². The van der Waals surface area contributed by atoms with Crippen LogP contribution >= 0.6 is 0 Å². The minimum Gasteiger partial charge on any atom is -0.119 e. The van der Waals surface area contributed by atoms with Crippen molar-refractivity contribution in [1.82, 2.24) is 0 Å². The number of terminal acetylenes is 1. The Bertz CT molecular complexity index is 215. The van der Waals surface area contributed by atoms with Crippen molar-refractivity contribution in [3.63, 3.8) is 0 Å². The summed E-state index contributed by atoms with van der Waals surface area (Å²) < 4.78 is 0. The molecule has 0 heteroatoms. The van der Waals surface area contributed by atoms with E-state index in [-0.39, 0.29) is 5.41 Å². The van der Waals surface area contributed by atoms with Crippen LogP contribution in [-0.4, -0.2) is 0 Å². The summed E-state index contributed by atoms with van der Waals surface area (Å²) in [5.41, 5.74) is -0.0608. The van der Waals surface area contributed by atoms with Crippen LogP contribution in [0.3, 0.4) is 0 Å². The second kappa shape index (κ2) is 2.34. The first kappa shape index (κ1) is 7.15. The van der Waals surface area contributed by atoms with Crippen molar-refractivity contribution in [3.8, 4) is 12.3 Å². The van der Waals surface area contributed by atoms with Crippen LogP contribution in [0.25, 0.3) is 0 Å². The molecule has 0 fully saturated rings. The van der Waals surface area contributed by atoms with Crippen molar-refractivity contribution in [3.05, 3.63) is 24.3 Å². The summed E-state index contributed by atoms with van der Waals surface area (Å²) >= 11 is 0. The average Bonchev–Trinajstić information content (AvgIpc) is 1.96. The van der Waals surface area contributed by atoms with Crippen molar-refractivity contribution < 1.29 is 0 Å². The Morgan fingerprint density at radius 1 is 1.50 bits per heavy atom. The molecule has 0 spiro atoms. The second-order valence-corrected chi connectivity index (χ2v) is 2.96. The Hall–Kier alpha value is -0.960. The van der Waals surface area contributed by atoms with E-state index in [9.17, 15) is 0 Å². The van der Waals surface area contributed by atoms with Gasteiger partial charge in [-0.25, -0.2) is 0 Å². The minimum absolute atomic E-state index is 0.0608. The lowest BCUT2D eigenvalue weighted by molar-refractivity contribution is 0.438. The molecule has 1 aliphatic carbocycles. The van der Waals surface area contributed by atoms with Gasteiger partial charge in [-0.3, -0.25) is 0 Å². The Labute approximate surface area is 62.6 Å². The molecular formula is C10H12. The fraction of sp³-hybridized carbons (Fsp3) is 0.400. The Balaban J connectivity index is 2.91. The van der Waals surface area contributed by atoms with Crippen molar-refractivity contribution >= 4 is 0 Å². The first-order valence-corrected chi connectivity index (χ1v) is 3.53. The fourth-order valence-corrected chi connectivity index (χ4v) is 1.02. The maximum absolute atomic E-state index is 5.39. The number of hydrogen-bond donors (Lipinski definition) is 0. The summed E-state index contributed by atoms with van der Waals surface area (Å²) in [5.74, 6) is 3.25. The quantitative estimate of drug-likeness (QED) is 0.444. The molecule has 0 aromatic heterocycles. The highest BCUT2D eigenvalue weighted by Gasteiger charge is 2.24. The summed E-state index contributed by atoms with van der Waals surface area (Å²) in [6.45, 7) is 4.22. The molecule has 0 aromatic carbocycles. The highest BCUT2D eigenvalue weighted by Crippen LogP contribution is 2.31. The van der Waals surface area contributed by atoms with Gasteiger partial charge in [0.05, 0.1) is 5.41 Å². The third-order valence-corrected chi connectivity index (χ3v) is 2.21. The molecule has 0 aliphatic heterocycles. The van der Waals surface area contributed by atoms with E-state index in [0.717, 1.165) is 0 Å². The van der Waals surface area contributed by atoms with Gasteiger partial charge in [-0.1, -0.05) is 37.1 Å². The summed E-state index contributed by atoms with van der Waals surface area (Å²) in [4.78, 5) is 0. The zero-order valence-corrected chi connectivity index (χ0v) is 6.46. The lowest BCUT2D eigenvalue weighted by Gasteiger charge is -2.26. The SMILES string of the molecule is C#CC1(C)C=CC=CC1C. The van der Waals surface area contributed by atoms with Gasteiger partial charge in [-0.15, -0.1) is 6.42 Å². The summed E-state index contributed by atoms with van der Waals surface area (Å²) in [5, 5.41) is 0. The van der Waals surface area contributed by atoms with Gasteiger partial charge in [-0.05, 0) is 12.8 Å². The highest BCUT2D eigenvalue weighted by molar-refractivity contribution is 5.26. The molecule has 10 heavy (non-hydrogen) atoms. The van der Waals surface area contributed by atoms with Crippen molar-refractivity contribution in [2.24, 2.45) is 11.3 Å². The maximum Gasteiger partial charge on any atom is 0.0525 e. The zero-order valence-electron chi connectivity index (χ0n) is 6.46. The third kappa shape index (κ3) is 0.998. The molecule has 0 heterocycles. The lowest BCUT2D eigenvalue weighted by atomic mass is 9.76. The van der Waals surface area contributed by atoms with Crippen molar-refractivity contribution in [1.29, 1.82) is 0 Å². The molecule has 2 unspecified atom stereocenters. The number of allylic oxidation sites excluding steroid dienone is 4. The van der Waals surface area contributed by atoms with Crippen LogP contribution < -0.4 is 0 Å². The number of hydrogen-bond acceptors (Lipinski definition) is 0. The van der Waals surface area contributed by atoms with Gasteiger partial charge in [0.25, 0.3) is 0 Å². The van der Waals surface area contributed by atoms with Crippen LogP contribution in [0.15, 0.2) is 24.3 Å². The largest absolute Gasteiger partial charge is 0.119 e. The maximum atomic E-state index is 5.39. The predicted octanol–water partition coefficient (Wildman–Crippen LogP) is 2.39. The van der Waals surface area contributed by atoms with E-state index < -0.39 is 0 Å². The Morgan fingerprint density at radius 2 is 2.20 bits per heavy atom. The summed E-state index contributed by atoms with van der Waals surface area (Å²) in [6, 6.07) is 0. The third-order valence-electron chi connectivity index (χ3n) is 2.21. The summed E-state index contributed by atoms with van der Waals surface area (Å²) in [7, 11) is 0. The van der Waals surface area contributed by atoms with E-state index in [4.69, 9.17) is 6.42 Å². The van der Waals surface area contributed by atoms with E-state index in [1.165, 1.54) is 0 Å². The van der Waals surface area contributed by atoms with Crippen molar-refractivity contribution in [2.75, 3.05) is 0 Å². The average molecular weight is 132 g/mol. The van der Waals surface area contributed by atoms with Crippen LogP contribution in [0, 0.1) is 23.7 Å². The predicted molar refractivity (Wildman–Crippen MR) is 44.4 cm³/mol. The molecule has 52 valence electrons. The number of rotatable bonds is 0. The molecule has 0 saturated heterocycles. The molecule has 0 nitrogen and oxygen atoms in total. The molecule has 0 bridgehead atoms. The summed E-state index contributed by atoms with van der Waals surface area (Å²) in [6.07, 6.45) is 13.7. The van der Waals surface area contributed by atoms with Gasteiger partial charge >= 0.3 is 0 Å². The van der Waals surface area contributed by atoms with E-state index in [0.29, 0.717) is 5.92 Å². The van der Waals surface area contributed by atoms with Crippen LogP contribution in [0.2, 0.25) is 0 Å². The molecule has 0 radical (unpaired) electrons. The highest BCUT2D eigenvalue weighted by atomic mass is 14.3. The van der Waals surface area contributed by atoms with E-state index >= 15 is 0 Å². The van der Waals surface area contributed by atoms with Crippen LogP contribution in [-0.2, 0) is 0 Å². The molecule has 1 aliphatic rings. The van der Waals surface area contributed by atoms with Gasteiger partial charge in [0, 0.05) is 0 Å². The first-order valence-electron chi connectivity index (χ1n) is 3.53. The van der Waals surface area contributed by atoms with Crippen LogP contribution in [0.5, 0.6) is 0 Å². The van der Waals surface area contributed by atoms with Crippen LogP contribution in [0.4, 0.5) is 0 Å². The smallest absolute Gasteiger partial charge is 0.0525 e. The zero-order chi connectivity index (χ0) is 7.61. The molecule has 0 amide bonds. The van der Waals surface area contributed by atoms with Gasteiger partial charge in [0.2, 0.25) is 0 Å². The molecule has 0 aromatic rings. The van der Waals surface area contributed by atoms with E-state index in [1.54, 1.807) is 0 Å². The topological polar surface area (TPSA) is 0 Å². The lowest BCUT2D eigenvalue weighted by Crippen LogP contribution is -2.20. The fourth-order valence-electron chi connectivity index (χ4n) is 1.02. The molecule has 0 N–H and O–H groups in total. The Morgan fingerprint density at radius 3 is 2.60 bits per heavy atom. The van der Waals surface area contributed by atoms with Gasteiger partial charge in [-0.2, -0.15) is 0 Å². The van der Waals surface area contributed by atoms with Gasteiger partial charge in [0.15, 0.2) is 0 Å². The van der Waals surface area contributed by atoms with E-state index in [1.807, 2.05) is 12.2 Å². The normalized spacial score (nSPS) is 37.5. The molecule has 1 rings (SSSR count). The standard InChI is InChI=1S/C10H12/c1-4-10(3)8-6-5-7-9(10)2/h1,5-9H,2-3H3. The molecule has 0 saturated carbocycles. The minimum atomic E-state index is -0.0608. The van der Waals surface area contributed by atoms with Gasteiger partial charge < -0.3 is 0 Å². The first-order chi connectivity index (χ1) is 4.69.